The van der Waals surface area contributed by atoms with Crippen LogP contribution in [-0.2, 0) is 11.3 Å². The highest BCUT2D eigenvalue weighted by atomic mass is 16.5. The Balaban J connectivity index is 1.44. The van der Waals surface area contributed by atoms with Gasteiger partial charge in [-0.1, -0.05) is 44.2 Å². The van der Waals surface area contributed by atoms with Crippen molar-refractivity contribution in [2.75, 3.05) is 52.4 Å². The van der Waals surface area contributed by atoms with Crippen LogP contribution >= 0.6 is 0 Å². The fraction of sp³-hybridized carbons (Fsp3) is 0.720. The van der Waals surface area contributed by atoms with Crippen molar-refractivity contribution >= 4 is 5.96 Å². The minimum atomic E-state index is 0.591. The summed E-state index contributed by atoms with van der Waals surface area (Å²) < 4.78 is 6.00. The largest absolute Gasteiger partial charge is 0.376 e. The first-order valence-electron chi connectivity index (χ1n) is 12.0. The van der Waals surface area contributed by atoms with E-state index in [9.17, 15) is 0 Å². The smallest absolute Gasteiger partial charge is 0.193 e. The molecule has 1 aromatic carbocycles. The van der Waals surface area contributed by atoms with Crippen molar-refractivity contribution in [2.24, 2.45) is 22.7 Å². The Morgan fingerprint density at radius 3 is 2.73 bits per heavy atom. The summed E-state index contributed by atoms with van der Waals surface area (Å²) in [6.45, 7) is 16.0. The van der Waals surface area contributed by atoms with Gasteiger partial charge in [0.25, 0.3) is 0 Å². The molecule has 1 N–H and O–H groups in total. The summed E-state index contributed by atoms with van der Waals surface area (Å²) in [5, 5.41) is 3.53. The Bertz CT molecular complexity index is 633. The van der Waals surface area contributed by atoms with Gasteiger partial charge < -0.3 is 19.9 Å². The molecule has 0 aliphatic carbocycles. The Labute approximate surface area is 183 Å². The van der Waals surface area contributed by atoms with Gasteiger partial charge in [-0.15, -0.1) is 0 Å². The summed E-state index contributed by atoms with van der Waals surface area (Å²) in [6, 6.07) is 10.5. The monoisotopic (exact) mass is 414 g/mol. The molecule has 3 rings (SSSR count). The van der Waals surface area contributed by atoms with Crippen LogP contribution in [0.3, 0.4) is 0 Å². The zero-order chi connectivity index (χ0) is 21.2. The molecule has 2 aliphatic heterocycles. The van der Waals surface area contributed by atoms with Crippen LogP contribution in [0.1, 0.15) is 45.6 Å². The van der Waals surface area contributed by atoms with Gasteiger partial charge in [-0.3, -0.25) is 4.99 Å². The lowest BCUT2D eigenvalue weighted by atomic mass is 9.97. The van der Waals surface area contributed by atoms with Gasteiger partial charge in [-0.25, -0.2) is 0 Å². The molecule has 0 bridgehead atoms. The molecule has 0 radical (unpaired) electrons. The Kier molecular flexibility index (Phi) is 9.47. The normalized spacial score (nSPS) is 23.3. The van der Waals surface area contributed by atoms with Crippen molar-refractivity contribution in [2.45, 2.75) is 46.6 Å². The van der Waals surface area contributed by atoms with E-state index in [4.69, 9.17) is 9.73 Å². The third kappa shape index (κ3) is 7.59. The average Bonchev–Trinajstić information content (AvgIpc) is 3.20. The zero-order valence-electron chi connectivity index (χ0n) is 19.4. The summed E-state index contributed by atoms with van der Waals surface area (Å²) in [6.07, 6.45) is 3.81. The van der Waals surface area contributed by atoms with E-state index in [1.54, 1.807) is 0 Å². The molecule has 0 aromatic heterocycles. The van der Waals surface area contributed by atoms with Crippen LogP contribution in [0.25, 0.3) is 0 Å². The molecule has 0 spiro atoms. The predicted octanol–water partition coefficient (Wildman–Crippen LogP) is 3.86. The van der Waals surface area contributed by atoms with Gasteiger partial charge in [0.05, 0.1) is 13.2 Å². The number of piperidine rings is 1. The van der Waals surface area contributed by atoms with Gasteiger partial charge >= 0.3 is 0 Å². The molecule has 5 heteroatoms. The molecule has 30 heavy (non-hydrogen) atoms. The minimum Gasteiger partial charge on any atom is -0.376 e. The second-order valence-electron chi connectivity index (χ2n) is 9.46. The third-order valence-corrected chi connectivity index (χ3v) is 6.11. The van der Waals surface area contributed by atoms with Gasteiger partial charge in [0.2, 0.25) is 0 Å². The van der Waals surface area contributed by atoms with Gasteiger partial charge in [0.1, 0.15) is 0 Å². The molecule has 2 unspecified atom stereocenters. The number of aliphatic imine (C=N–C) groups is 1. The second kappa shape index (κ2) is 12.3. The van der Waals surface area contributed by atoms with E-state index in [0.29, 0.717) is 18.4 Å². The Hall–Kier alpha value is -1.59. The zero-order valence-corrected chi connectivity index (χ0v) is 19.4. The Morgan fingerprint density at radius 1 is 1.13 bits per heavy atom. The fourth-order valence-electron chi connectivity index (χ4n) is 4.70. The second-order valence-corrected chi connectivity index (χ2v) is 9.46. The molecular weight excluding hydrogens is 372 g/mol. The van der Waals surface area contributed by atoms with E-state index in [2.05, 4.69) is 66.2 Å². The topological polar surface area (TPSA) is 40.1 Å². The van der Waals surface area contributed by atoms with Crippen LogP contribution < -0.4 is 5.32 Å². The van der Waals surface area contributed by atoms with E-state index in [0.717, 1.165) is 44.7 Å². The number of rotatable bonds is 9. The van der Waals surface area contributed by atoms with Crippen LogP contribution in [0.2, 0.25) is 0 Å². The van der Waals surface area contributed by atoms with E-state index < -0.39 is 0 Å². The van der Waals surface area contributed by atoms with Crippen LogP contribution in [-0.4, -0.2) is 68.2 Å². The van der Waals surface area contributed by atoms with Crippen molar-refractivity contribution in [3.05, 3.63) is 35.9 Å². The number of hydrogen-bond acceptors (Lipinski definition) is 3. The average molecular weight is 415 g/mol. The molecule has 1 aromatic rings. The lowest BCUT2D eigenvalue weighted by molar-refractivity contribution is 0.0906. The summed E-state index contributed by atoms with van der Waals surface area (Å²) in [7, 11) is 0. The number of likely N-dealkylation sites (tertiary alicyclic amines) is 2. The first kappa shape index (κ1) is 23.1. The minimum absolute atomic E-state index is 0.591. The van der Waals surface area contributed by atoms with Gasteiger partial charge in [-0.05, 0) is 50.1 Å². The fourth-order valence-corrected chi connectivity index (χ4v) is 4.70. The SMILES string of the molecule is CCNC(=NCC1CCCN(CC(C)C)C1)N1CCC(COCc2ccccc2)C1. The number of guanidine groups is 1. The number of benzene rings is 1. The maximum Gasteiger partial charge on any atom is 0.193 e. The van der Waals surface area contributed by atoms with Crippen LogP contribution in [0.5, 0.6) is 0 Å². The standard InChI is InChI=1S/C25H42N4O/c1-4-26-25(27-15-23-11-8-13-28(17-23)16-21(2)3)29-14-12-24(18-29)20-30-19-22-9-6-5-7-10-22/h5-7,9-10,21,23-24H,4,8,11-20H2,1-3H3,(H,26,27). The summed E-state index contributed by atoms with van der Waals surface area (Å²) in [5.74, 6) is 3.13. The van der Waals surface area contributed by atoms with E-state index >= 15 is 0 Å². The van der Waals surface area contributed by atoms with Crippen LogP contribution in [0.15, 0.2) is 35.3 Å². The van der Waals surface area contributed by atoms with Gasteiger partial charge in [0.15, 0.2) is 5.96 Å². The first-order valence-corrected chi connectivity index (χ1v) is 12.0. The third-order valence-electron chi connectivity index (χ3n) is 6.11. The number of nitrogens with one attached hydrogen (secondary N) is 1. The highest BCUT2D eigenvalue weighted by molar-refractivity contribution is 5.80. The number of hydrogen-bond donors (Lipinski definition) is 1. The summed E-state index contributed by atoms with van der Waals surface area (Å²) in [5.41, 5.74) is 1.25. The molecular formula is C25H42N4O. The molecule has 2 aliphatic rings. The van der Waals surface area contributed by atoms with E-state index in [1.807, 2.05) is 0 Å². The highest BCUT2D eigenvalue weighted by Crippen LogP contribution is 2.20. The van der Waals surface area contributed by atoms with Crippen LogP contribution in [0.4, 0.5) is 0 Å². The van der Waals surface area contributed by atoms with Crippen molar-refractivity contribution < 1.29 is 4.74 Å². The molecule has 2 heterocycles. The Morgan fingerprint density at radius 2 is 1.97 bits per heavy atom. The lowest BCUT2D eigenvalue weighted by Gasteiger charge is -2.33. The maximum absolute atomic E-state index is 6.00. The van der Waals surface area contributed by atoms with Gasteiger partial charge in [-0.2, -0.15) is 0 Å². The van der Waals surface area contributed by atoms with Crippen molar-refractivity contribution in [1.29, 1.82) is 0 Å². The predicted molar refractivity (Wildman–Crippen MR) is 126 cm³/mol. The molecule has 2 fully saturated rings. The molecule has 0 amide bonds. The highest BCUT2D eigenvalue weighted by Gasteiger charge is 2.26. The van der Waals surface area contributed by atoms with Gasteiger partial charge in [0, 0.05) is 45.2 Å². The summed E-state index contributed by atoms with van der Waals surface area (Å²) in [4.78, 5) is 10.1. The van der Waals surface area contributed by atoms with Crippen molar-refractivity contribution in [3.8, 4) is 0 Å². The molecule has 5 nitrogen and oxygen atoms in total. The van der Waals surface area contributed by atoms with Crippen LogP contribution in [0, 0.1) is 17.8 Å². The molecule has 2 saturated heterocycles. The maximum atomic E-state index is 6.00. The lowest BCUT2D eigenvalue weighted by Crippen LogP contribution is -2.42. The first-order chi connectivity index (χ1) is 14.6. The number of ether oxygens (including phenoxy) is 1. The molecule has 0 saturated carbocycles. The van der Waals surface area contributed by atoms with Crippen molar-refractivity contribution in [3.63, 3.8) is 0 Å². The summed E-state index contributed by atoms with van der Waals surface area (Å²) >= 11 is 0. The molecule has 168 valence electrons. The van der Waals surface area contributed by atoms with E-state index in [1.165, 1.54) is 44.5 Å². The number of nitrogens with zero attached hydrogens (tertiary/aromatic N) is 3. The molecule has 2 atom stereocenters. The van der Waals surface area contributed by atoms with Crippen molar-refractivity contribution in [1.82, 2.24) is 15.1 Å². The quantitative estimate of drug-likeness (QED) is 0.492. The van der Waals surface area contributed by atoms with E-state index in [-0.39, 0.29) is 0 Å².